The Morgan fingerprint density at radius 1 is 1.35 bits per heavy atom. The standard InChI is InChI=1S/C16H23N7O2S/c1-11-7-19-14(20-11)8-22(2)16-18-4-3-15(21-16)23-6-5-17-12-9-26(24,25)10-13(12)23/h3-4,7,12-13,17H,5-6,8-10H2,1-2H3,(H,19,20)/t12-,13+/m0/s1. The Morgan fingerprint density at radius 2 is 2.19 bits per heavy atom. The molecular formula is C16H23N7O2S. The molecule has 2 aliphatic heterocycles. The normalized spacial score (nSPS) is 24.5. The Balaban J connectivity index is 1.55. The summed E-state index contributed by atoms with van der Waals surface area (Å²) in [6.07, 6.45) is 3.52. The highest BCUT2D eigenvalue weighted by molar-refractivity contribution is 7.91. The molecule has 2 aromatic heterocycles. The summed E-state index contributed by atoms with van der Waals surface area (Å²) in [5, 5.41) is 3.32. The predicted octanol–water partition coefficient (Wildman–Crippen LogP) is -0.280. The lowest BCUT2D eigenvalue weighted by Crippen LogP contribution is -2.57. The van der Waals surface area contributed by atoms with Crippen molar-refractivity contribution < 1.29 is 8.42 Å². The van der Waals surface area contributed by atoms with Crippen molar-refractivity contribution >= 4 is 21.6 Å². The van der Waals surface area contributed by atoms with Crippen molar-refractivity contribution in [1.82, 2.24) is 25.3 Å². The fraction of sp³-hybridized carbons (Fsp3) is 0.562. The number of aromatic amines is 1. The quantitative estimate of drug-likeness (QED) is 0.749. The van der Waals surface area contributed by atoms with Crippen LogP contribution in [0.15, 0.2) is 18.5 Å². The first-order chi connectivity index (χ1) is 12.4. The van der Waals surface area contributed by atoms with Crippen LogP contribution in [-0.2, 0) is 16.4 Å². The molecule has 2 atom stereocenters. The summed E-state index contributed by atoms with van der Waals surface area (Å²) in [6.45, 7) is 4.01. The average Bonchev–Trinajstić information content (AvgIpc) is 3.15. The summed E-state index contributed by atoms with van der Waals surface area (Å²) >= 11 is 0. The zero-order chi connectivity index (χ0) is 18.3. The van der Waals surface area contributed by atoms with Crippen molar-refractivity contribution in [3.63, 3.8) is 0 Å². The smallest absolute Gasteiger partial charge is 0.227 e. The van der Waals surface area contributed by atoms with Crippen molar-refractivity contribution in [2.45, 2.75) is 25.6 Å². The summed E-state index contributed by atoms with van der Waals surface area (Å²) in [4.78, 5) is 20.6. The largest absolute Gasteiger partial charge is 0.350 e. The molecule has 0 unspecified atom stereocenters. The van der Waals surface area contributed by atoms with Gasteiger partial charge in [-0.3, -0.25) is 0 Å². The zero-order valence-electron chi connectivity index (χ0n) is 14.9. The van der Waals surface area contributed by atoms with Gasteiger partial charge in [-0.05, 0) is 13.0 Å². The Bertz CT molecular complexity index is 898. The maximum atomic E-state index is 12.0. The second-order valence-electron chi connectivity index (χ2n) is 6.98. The Morgan fingerprint density at radius 3 is 2.96 bits per heavy atom. The number of piperazine rings is 1. The van der Waals surface area contributed by atoms with Crippen LogP contribution in [0.25, 0.3) is 0 Å². The number of nitrogens with one attached hydrogen (secondary N) is 2. The second kappa shape index (κ2) is 6.51. The molecule has 2 fully saturated rings. The summed E-state index contributed by atoms with van der Waals surface area (Å²) in [5.41, 5.74) is 1.01. The Hall–Kier alpha value is -2.20. The van der Waals surface area contributed by atoms with Gasteiger partial charge in [-0.25, -0.2) is 18.4 Å². The van der Waals surface area contributed by atoms with Crippen molar-refractivity contribution in [3.05, 3.63) is 30.0 Å². The van der Waals surface area contributed by atoms with E-state index in [0.717, 1.165) is 30.4 Å². The van der Waals surface area contributed by atoms with Crippen molar-refractivity contribution in [2.24, 2.45) is 0 Å². The number of sulfone groups is 1. The predicted molar refractivity (Wildman–Crippen MR) is 99.0 cm³/mol. The maximum absolute atomic E-state index is 12.0. The van der Waals surface area contributed by atoms with Crippen molar-refractivity contribution in [3.8, 4) is 0 Å². The van der Waals surface area contributed by atoms with E-state index in [2.05, 4.69) is 30.2 Å². The summed E-state index contributed by atoms with van der Waals surface area (Å²) in [7, 11) is -1.09. The molecule has 9 nitrogen and oxygen atoms in total. The van der Waals surface area contributed by atoms with Gasteiger partial charge in [0.15, 0.2) is 9.84 Å². The number of nitrogens with zero attached hydrogens (tertiary/aromatic N) is 5. The van der Waals surface area contributed by atoms with E-state index in [9.17, 15) is 8.42 Å². The van der Waals surface area contributed by atoms with Crippen LogP contribution in [0.3, 0.4) is 0 Å². The second-order valence-corrected chi connectivity index (χ2v) is 9.14. The van der Waals surface area contributed by atoms with Gasteiger partial charge in [-0.15, -0.1) is 0 Å². The molecule has 0 bridgehead atoms. The molecule has 0 aromatic carbocycles. The molecule has 2 N–H and O–H groups in total. The van der Waals surface area contributed by atoms with Crippen LogP contribution < -0.4 is 15.1 Å². The minimum atomic E-state index is -3.00. The first-order valence-corrected chi connectivity index (χ1v) is 10.5. The molecule has 0 radical (unpaired) electrons. The van der Waals surface area contributed by atoms with E-state index in [1.165, 1.54) is 0 Å². The van der Waals surface area contributed by atoms with Crippen LogP contribution in [0, 0.1) is 6.92 Å². The van der Waals surface area contributed by atoms with Crippen LogP contribution in [0.2, 0.25) is 0 Å². The first-order valence-electron chi connectivity index (χ1n) is 8.66. The topological polar surface area (TPSA) is 107 Å². The van der Waals surface area contributed by atoms with Gasteiger partial charge in [0.25, 0.3) is 0 Å². The molecule has 0 aliphatic carbocycles. The third kappa shape index (κ3) is 3.38. The highest BCUT2D eigenvalue weighted by Gasteiger charge is 2.43. The third-order valence-electron chi connectivity index (χ3n) is 4.89. The molecule has 2 aromatic rings. The summed E-state index contributed by atoms with van der Waals surface area (Å²) in [6, 6.07) is 1.74. The number of aryl methyl sites for hydroxylation is 1. The third-order valence-corrected chi connectivity index (χ3v) is 6.60. The number of hydrogen-bond acceptors (Lipinski definition) is 8. The van der Waals surface area contributed by atoms with Crippen LogP contribution in [-0.4, -0.2) is 72.1 Å². The van der Waals surface area contributed by atoms with E-state index in [1.807, 2.05) is 24.9 Å². The van der Waals surface area contributed by atoms with E-state index < -0.39 is 9.84 Å². The molecule has 10 heteroatoms. The molecule has 26 heavy (non-hydrogen) atoms. The molecule has 0 amide bonds. The van der Waals surface area contributed by atoms with Crippen LogP contribution in [0.4, 0.5) is 11.8 Å². The maximum Gasteiger partial charge on any atom is 0.227 e. The van der Waals surface area contributed by atoms with Crippen molar-refractivity contribution in [1.29, 1.82) is 0 Å². The van der Waals surface area contributed by atoms with Crippen LogP contribution >= 0.6 is 0 Å². The molecule has 4 rings (SSSR count). The van der Waals surface area contributed by atoms with Gasteiger partial charge in [0, 0.05) is 44.3 Å². The number of imidazole rings is 1. The number of fused-ring (bicyclic) bond motifs is 1. The van der Waals surface area contributed by atoms with E-state index in [-0.39, 0.29) is 23.6 Å². The molecule has 0 spiro atoms. The first kappa shape index (κ1) is 17.2. The van der Waals surface area contributed by atoms with Gasteiger partial charge in [-0.1, -0.05) is 0 Å². The number of H-pyrrole nitrogens is 1. The highest BCUT2D eigenvalue weighted by atomic mass is 32.2. The zero-order valence-corrected chi connectivity index (χ0v) is 15.7. The van der Waals surface area contributed by atoms with Crippen LogP contribution in [0.1, 0.15) is 11.5 Å². The number of rotatable bonds is 4. The SMILES string of the molecule is Cc1cnc(CN(C)c2nccc(N3CCN[C@H]4CS(=O)(=O)C[C@H]43)n2)[nH]1. The number of hydrogen-bond donors (Lipinski definition) is 2. The van der Waals surface area contributed by atoms with E-state index in [1.54, 1.807) is 12.4 Å². The molecule has 2 aliphatic rings. The lowest BCUT2D eigenvalue weighted by molar-refractivity contribution is 0.422. The lowest BCUT2D eigenvalue weighted by atomic mass is 10.1. The monoisotopic (exact) mass is 377 g/mol. The Kier molecular flexibility index (Phi) is 4.31. The van der Waals surface area contributed by atoms with Crippen LogP contribution in [0.5, 0.6) is 0 Å². The fourth-order valence-electron chi connectivity index (χ4n) is 3.68. The highest BCUT2D eigenvalue weighted by Crippen LogP contribution is 2.26. The molecule has 2 saturated heterocycles. The van der Waals surface area contributed by atoms with E-state index in [4.69, 9.17) is 0 Å². The minimum absolute atomic E-state index is 0.0315. The number of aromatic nitrogens is 4. The average molecular weight is 377 g/mol. The lowest BCUT2D eigenvalue weighted by Gasteiger charge is -2.38. The minimum Gasteiger partial charge on any atom is -0.350 e. The van der Waals surface area contributed by atoms with Gasteiger partial charge >= 0.3 is 0 Å². The van der Waals surface area contributed by atoms with Gasteiger partial charge in [0.1, 0.15) is 11.6 Å². The molecule has 4 heterocycles. The number of anilines is 2. The summed E-state index contributed by atoms with van der Waals surface area (Å²) < 4.78 is 24.1. The summed E-state index contributed by atoms with van der Waals surface area (Å²) in [5.74, 6) is 2.58. The van der Waals surface area contributed by atoms with Gasteiger partial charge in [-0.2, -0.15) is 4.98 Å². The molecular weight excluding hydrogens is 354 g/mol. The van der Waals surface area contributed by atoms with Gasteiger partial charge < -0.3 is 20.1 Å². The van der Waals surface area contributed by atoms with Gasteiger partial charge in [0.05, 0.1) is 24.1 Å². The molecule has 140 valence electrons. The van der Waals surface area contributed by atoms with Crippen molar-refractivity contribution in [2.75, 3.05) is 41.4 Å². The van der Waals surface area contributed by atoms with Gasteiger partial charge in [0.2, 0.25) is 5.95 Å². The van der Waals surface area contributed by atoms with E-state index in [0.29, 0.717) is 12.5 Å². The Labute approximate surface area is 152 Å². The molecule has 0 saturated carbocycles. The fourth-order valence-corrected chi connectivity index (χ4v) is 5.63. The van der Waals surface area contributed by atoms with E-state index >= 15 is 0 Å².